The van der Waals surface area contributed by atoms with E-state index in [4.69, 9.17) is 0 Å². The molecule has 2 heterocycles. The summed E-state index contributed by atoms with van der Waals surface area (Å²) in [7, 11) is 0. The summed E-state index contributed by atoms with van der Waals surface area (Å²) in [6.45, 7) is 1.83. The van der Waals surface area contributed by atoms with Crippen LogP contribution >= 0.6 is 38.5 Å². The van der Waals surface area contributed by atoms with Crippen LogP contribution in [0.3, 0.4) is 0 Å². The zero-order valence-electron chi connectivity index (χ0n) is 14.0. The molecule has 2 aromatic heterocycles. The Morgan fingerprint density at radius 3 is 2.48 bits per heavy atom. The van der Waals surface area contributed by atoms with E-state index >= 15 is 0 Å². The number of hydrogen-bond donors (Lipinski definition) is 3. The van der Waals surface area contributed by atoms with E-state index in [1.165, 1.54) is 10.9 Å². The highest BCUT2D eigenvalue weighted by Gasteiger charge is 2.11. The molecule has 0 amide bonds. The Kier molecular flexibility index (Phi) is 4.64. The molecule has 0 unspecified atom stereocenters. The molecular formula is C18H13BrIN5O2. The third-order valence-electron chi connectivity index (χ3n) is 4.12. The molecule has 4 rings (SSSR count). The van der Waals surface area contributed by atoms with Crippen molar-refractivity contribution in [3.63, 3.8) is 0 Å². The quantitative estimate of drug-likeness (QED) is 0.274. The van der Waals surface area contributed by atoms with Gasteiger partial charge in [0, 0.05) is 20.0 Å². The first-order chi connectivity index (χ1) is 12.9. The van der Waals surface area contributed by atoms with Crippen LogP contribution in [0.25, 0.3) is 16.7 Å². The van der Waals surface area contributed by atoms with E-state index in [1.807, 2.05) is 31.2 Å². The number of fused-ring (bicyclic) bond motifs is 1. The molecule has 0 saturated heterocycles. The molecule has 9 heteroatoms. The standard InChI is InChI=1S/C18H13BrIN5O2/c1-9-12(17(26)25(24-9)11-4-2-10(20)3-5-11)8-21-14-7-16-15(6-13(14)19)22-18(27)23-16/h2-8,24H,1H3,(H2,22,23,27). The molecule has 0 fully saturated rings. The number of aryl methyl sites for hydroxylation is 1. The second-order valence-electron chi connectivity index (χ2n) is 5.95. The lowest BCUT2D eigenvalue weighted by Gasteiger charge is -2.00. The minimum atomic E-state index is -0.278. The van der Waals surface area contributed by atoms with Crippen LogP contribution in [0.4, 0.5) is 5.69 Å². The molecule has 0 radical (unpaired) electrons. The third-order valence-corrected chi connectivity index (χ3v) is 5.47. The second kappa shape index (κ2) is 6.97. The summed E-state index contributed by atoms with van der Waals surface area (Å²) in [6, 6.07) is 11.2. The zero-order chi connectivity index (χ0) is 19.1. The van der Waals surface area contributed by atoms with Crippen molar-refractivity contribution in [2.75, 3.05) is 0 Å². The number of halogens is 2. The molecule has 0 atom stereocenters. The van der Waals surface area contributed by atoms with E-state index in [0.29, 0.717) is 26.8 Å². The Hall–Kier alpha value is -2.40. The predicted molar refractivity (Wildman–Crippen MR) is 118 cm³/mol. The van der Waals surface area contributed by atoms with Crippen molar-refractivity contribution in [2.24, 2.45) is 4.99 Å². The molecule has 4 aromatic rings. The average Bonchev–Trinajstić information content (AvgIpc) is 3.12. The summed E-state index contributed by atoms with van der Waals surface area (Å²) in [5.41, 5.74) is 3.44. The summed E-state index contributed by atoms with van der Waals surface area (Å²) in [5, 5.41) is 3.08. The fourth-order valence-electron chi connectivity index (χ4n) is 2.76. The van der Waals surface area contributed by atoms with Gasteiger partial charge in [-0.15, -0.1) is 0 Å². The van der Waals surface area contributed by atoms with Crippen LogP contribution in [0.2, 0.25) is 0 Å². The van der Waals surface area contributed by atoms with Crippen LogP contribution < -0.4 is 11.2 Å². The van der Waals surface area contributed by atoms with Gasteiger partial charge in [-0.25, -0.2) is 9.48 Å². The van der Waals surface area contributed by atoms with Crippen LogP contribution in [-0.2, 0) is 0 Å². The smallest absolute Gasteiger partial charge is 0.306 e. The fraction of sp³-hybridized carbons (Fsp3) is 0.0556. The average molecular weight is 538 g/mol. The predicted octanol–water partition coefficient (Wildman–Crippen LogP) is 3.76. The number of benzene rings is 2. The second-order valence-corrected chi connectivity index (χ2v) is 8.05. The molecule has 27 heavy (non-hydrogen) atoms. The Morgan fingerprint density at radius 1 is 1.11 bits per heavy atom. The maximum Gasteiger partial charge on any atom is 0.323 e. The summed E-state index contributed by atoms with van der Waals surface area (Å²) in [4.78, 5) is 34.0. The van der Waals surface area contributed by atoms with Gasteiger partial charge in [-0.1, -0.05) is 0 Å². The topological polar surface area (TPSA) is 98.8 Å². The fourth-order valence-corrected chi connectivity index (χ4v) is 3.57. The van der Waals surface area contributed by atoms with Crippen molar-refractivity contribution in [3.05, 3.63) is 76.5 Å². The van der Waals surface area contributed by atoms with Crippen molar-refractivity contribution < 1.29 is 0 Å². The van der Waals surface area contributed by atoms with Crippen molar-refractivity contribution >= 4 is 61.5 Å². The van der Waals surface area contributed by atoms with E-state index in [1.54, 1.807) is 12.1 Å². The van der Waals surface area contributed by atoms with Gasteiger partial charge in [0.1, 0.15) is 0 Å². The molecule has 3 N–H and O–H groups in total. The number of nitrogens with one attached hydrogen (secondary N) is 3. The third kappa shape index (κ3) is 3.44. The van der Waals surface area contributed by atoms with Gasteiger partial charge >= 0.3 is 5.69 Å². The van der Waals surface area contributed by atoms with E-state index in [-0.39, 0.29) is 11.2 Å². The number of hydrogen-bond acceptors (Lipinski definition) is 3. The largest absolute Gasteiger partial charge is 0.323 e. The maximum atomic E-state index is 12.8. The molecule has 0 bridgehead atoms. The minimum Gasteiger partial charge on any atom is -0.306 e. The lowest BCUT2D eigenvalue weighted by Crippen LogP contribution is -2.17. The number of nitrogens with zero attached hydrogens (tertiary/aromatic N) is 2. The lowest BCUT2D eigenvalue weighted by atomic mass is 10.2. The van der Waals surface area contributed by atoms with Crippen LogP contribution in [-0.4, -0.2) is 26.0 Å². The van der Waals surface area contributed by atoms with Gasteiger partial charge in [0.25, 0.3) is 5.56 Å². The number of aliphatic imine (C=N–C) groups is 1. The summed E-state index contributed by atoms with van der Waals surface area (Å²) < 4.78 is 3.31. The molecule has 0 aliphatic rings. The van der Waals surface area contributed by atoms with Gasteiger partial charge in [-0.05, 0) is 81.8 Å². The van der Waals surface area contributed by atoms with Crippen LogP contribution in [0.15, 0.2) is 55.5 Å². The Balaban J connectivity index is 1.74. The zero-order valence-corrected chi connectivity index (χ0v) is 17.8. The van der Waals surface area contributed by atoms with Crippen molar-refractivity contribution in [2.45, 2.75) is 6.92 Å². The molecule has 0 aliphatic carbocycles. The number of aromatic nitrogens is 4. The highest BCUT2D eigenvalue weighted by atomic mass is 127. The summed E-state index contributed by atoms with van der Waals surface area (Å²) >= 11 is 5.66. The number of rotatable bonds is 3. The number of H-pyrrole nitrogens is 3. The molecule has 7 nitrogen and oxygen atoms in total. The first kappa shape index (κ1) is 18.0. The van der Waals surface area contributed by atoms with Crippen molar-refractivity contribution in [1.29, 1.82) is 0 Å². The van der Waals surface area contributed by atoms with Crippen molar-refractivity contribution in [1.82, 2.24) is 19.7 Å². The first-order valence-electron chi connectivity index (χ1n) is 7.95. The van der Waals surface area contributed by atoms with E-state index in [2.05, 4.69) is 58.6 Å². The first-order valence-corrected chi connectivity index (χ1v) is 9.83. The Morgan fingerprint density at radius 2 is 1.78 bits per heavy atom. The van der Waals surface area contributed by atoms with Crippen molar-refractivity contribution in [3.8, 4) is 5.69 Å². The van der Waals surface area contributed by atoms with Crippen LogP contribution in [0, 0.1) is 10.5 Å². The molecule has 0 saturated carbocycles. The normalized spacial score (nSPS) is 11.7. The van der Waals surface area contributed by atoms with Crippen LogP contribution in [0.5, 0.6) is 0 Å². The number of aromatic amines is 3. The van der Waals surface area contributed by atoms with Crippen LogP contribution in [0.1, 0.15) is 11.3 Å². The maximum absolute atomic E-state index is 12.8. The van der Waals surface area contributed by atoms with Gasteiger partial charge in [-0.2, -0.15) is 0 Å². The summed E-state index contributed by atoms with van der Waals surface area (Å²) in [5.74, 6) is 0. The van der Waals surface area contributed by atoms with E-state index < -0.39 is 0 Å². The molecule has 136 valence electrons. The Labute approximate surface area is 174 Å². The Bertz CT molecular complexity index is 1290. The van der Waals surface area contributed by atoms with Gasteiger partial charge < -0.3 is 9.97 Å². The van der Waals surface area contributed by atoms with E-state index in [9.17, 15) is 9.59 Å². The molecular weight excluding hydrogens is 525 g/mol. The molecule has 2 aromatic carbocycles. The summed E-state index contributed by atoms with van der Waals surface area (Å²) in [6.07, 6.45) is 1.54. The van der Waals surface area contributed by atoms with Gasteiger partial charge in [0.2, 0.25) is 0 Å². The van der Waals surface area contributed by atoms with Gasteiger partial charge in [-0.3, -0.25) is 14.9 Å². The van der Waals surface area contributed by atoms with E-state index in [0.717, 1.165) is 15.0 Å². The van der Waals surface area contributed by atoms with Gasteiger partial charge in [0.15, 0.2) is 0 Å². The number of imidazole rings is 1. The highest BCUT2D eigenvalue weighted by molar-refractivity contribution is 14.1. The monoisotopic (exact) mass is 537 g/mol. The van der Waals surface area contributed by atoms with Gasteiger partial charge in [0.05, 0.1) is 28.0 Å². The molecule has 0 spiro atoms. The SMILES string of the molecule is Cc1[nH]n(-c2ccc(I)cc2)c(=O)c1C=Nc1cc2[nH]c(=O)[nH]c2cc1Br. The molecule has 0 aliphatic heterocycles. The minimum absolute atomic E-state index is 0.176. The highest BCUT2D eigenvalue weighted by Crippen LogP contribution is 2.28. The lowest BCUT2D eigenvalue weighted by molar-refractivity contribution is 0.835.